The molecule has 0 aliphatic rings. The Bertz CT molecular complexity index is 918. The molecule has 0 bridgehead atoms. The summed E-state index contributed by atoms with van der Waals surface area (Å²) >= 11 is 6.12. The van der Waals surface area contributed by atoms with Crippen molar-refractivity contribution in [1.82, 2.24) is 19.6 Å². The molecule has 3 aromatic rings. The smallest absolute Gasteiger partial charge is 0.247 e. The van der Waals surface area contributed by atoms with Gasteiger partial charge in [-0.2, -0.15) is 10.2 Å². The number of hydrogen-bond acceptors (Lipinski definition) is 3. The second-order valence-corrected chi connectivity index (χ2v) is 6.15. The fourth-order valence-corrected chi connectivity index (χ4v) is 2.70. The van der Waals surface area contributed by atoms with E-state index in [1.54, 1.807) is 29.1 Å². The van der Waals surface area contributed by atoms with E-state index in [1.165, 1.54) is 10.7 Å². The zero-order valence-electron chi connectivity index (χ0n) is 13.8. The van der Waals surface area contributed by atoms with E-state index in [-0.39, 0.29) is 35.7 Å². The number of anilines is 1. The minimum atomic E-state index is -0.316. The Morgan fingerprint density at radius 3 is 2.72 bits per heavy atom. The molecule has 2 aromatic heterocycles. The first-order valence-corrected chi connectivity index (χ1v) is 8.07. The molecule has 2 heterocycles. The van der Waals surface area contributed by atoms with Crippen molar-refractivity contribution in [2.75, 3.05) is 5.32 Å². The van der Waals surface area contributed by atoms with Gasteiger partial charge in [0, 0.05) is 17.5 Å². The normalized spacial score (nSPS) is 10.9. The quantitative estimate of drug-likeness (QED) is 0.759. The number of halogens is 2. The highest BCUT2D eigenvalue weighted by atomic mass is 35.5. The summed E-state index contributed by atoms with van der Waals surface area (Å²) in [5, 5.41) is 11.4. The molecular weight excluding hydrogens is 345 g/mol. The lowest BCUT2D eigenvalue weighted by Crippen LogP contribution is -2.21. The van der Waals surface area contributed by atoms with Crippen LogP contribution in [0.3, 0.4) is 0 Å². The van der Waals surface area contributed by atoms with E-state index in [1.807, 2.05) is 19.9 Å². The lowest BCUT2D eigenvalue weighted by Gasteiger charge is -2.05. The van der Waals surface area contributed by atoms with Gasteiger partial charge in [0.2, 0.25) is 5.91 Å². The number of rotatable bonds is 5. The summed E-state index contributed by atoms with van der Waals surface area (Å²) in [5.74, 6) is -0.363. The molecule has 0 fully saturated rings. The minimum absolute atomic E-state index is 0.0657. The van der Waals surface area contributed by atoms with Crippen LogP contribution in [0.15, 0.2) is 36.5 Å². The van der Waals surface area contributed by atoms with E-state index in [9.17, 15) is 9.18 Å². The van der Waals surface area contributed by atoms with Crippen LogP contribution in [-0.4, -0.2) is 25.5 Å². The monoisotopic (exact) mass is 361 g/mol. The molecule has 8 heteroatoms. The second kappa shape index (κ2) is 7.06. The van der Waals surface area contributed by atoms with Crippen molar-refractivity contribution in [3.05, 3.63) is 64.3 Å². The summed E-state index contributed by atoms with van der Waals surface area (Å²) in [6.45, 7) is 4.03. The van der Waals surface area contributed by atoms with Crippen molar-refractivity contribution in [3.63, 3.8) is 0 Å². The third kappa shape index (κ3) is 4.06. The van der Waals surface area contributed by atoms with Crippen LogP contribution in [0, 0.1) is 19.7 Å². The lowest BCUT2D eigenvalue weighted by molar-refractivity contribution is -0.117. The summed E-state index contributed by atoms with van der Waals surface area (Å²) < 4.78 is 16.8. The largest absolute Gasteiger partial charge is 0.306 e. The van der Waals surface area contributed by atoms with E-state index in [4.69, 9.17) is 11.6 Å². The van der Waals surface area contributed by atoms with E-state index in [0.29, 0.717) is 5.56 Å². The predicted molar refractivity (Wildman–Crippen MR) is 93.1 cm³/mol. The van der Waals surface area contributed by atoms with E-state index in [2.05, 4.69) is 15.5 Å². The average molecular weight is 362 g/mol. The molecular formula is C17H17ClFN5O. The molecule has 1 aromatic carbocycles. The summed E-state index contributed by atoms with van der Waals surface area (Å²) in [6, 6.07) is 8.33. The molecule has 0 aliphatic carbocycles. The van der Waals surface area contributed by atoms with Gasteiger partial charge in [0.25, 0.3) is 0 Å². The third-order valence-electron chi connectivity index (χ3n) is 3.66. The van der Waals surface area contributed by atoms with Gasteiger partial charge in [0.05, 0.1) is 12.2 Å². The van der Waals surface area contributed by atoms with Gasteiger partial charge in [-0.3, -0.25) is 14.2 Å². The molecule has 0 spiro atoms. The van der Waals surface area contributed by atoms with Gasteiger partial charge in [0.1, 0.15) is 17.4 Å². The standard InChI is InChI=1S/C17H17ClFN5O/c1-11-7-12(2)24(21-11)10-16(25)20-17-14(18)9-23(22-17)8-13-5-3-4-6-15(13)19/h3-7,9H,8,10H2,1-2H3,(H,20,22,25). The average Bonchev–Trinajstić information content (AvgIpc) is 3.03. The number of hydrogen-bond donors (Lipinski definition) is 1. The molecule has 6 nitrogen and oxygen atoms in total. The second-order valence-electron chi connectivity index (χ2n) is 5.75. The third-order valence-corrected chi connectivity index (χ3v) is 3.94. The number of carbonyl (C=O) groups is 1. The van der Waals surface area contributed by atoms with Gasteiger partial charge in [-0.05, 0) is 26.0 Å². The zero-order valence-corrected chi connectivity index (χ0v) is 14.6. The Hall–Kier alpha value is -2.67. The Morgan fingerprint density at radius 1 is 1.28 bits per heavy atom. The van der Waals surface area contributed by atoms with Crippen molar-refractivity contribution in [2.45, 2.75) is 26.9 Å². The zero-order chi connectivity index (χ0) is 18.0. The van der Waals surface area contributed by atoms with Gasteiger partial charge in [-0.1, -0.05) is 29.8 Å². The first-order chi connectivity index (χ1) is 11.9. The maximum Gasteiger partial charge on any atom is 0.247 e. The van der Waals surface area contributed by atoms with Crippen molar-refractivity contribution >= 4 is 23.3 Å². The highest BCUT2D eigenvalue weighted by Crippen LogP contribution is 2.20. The molecule has 0 saturated carbocycles. The molecule has 130 valence electrons. The maximum absolute atomic E-state index is 13.7. The number of carbonyl (C=O) groups excluding carboxylic acids is 1. The Kier molecular flexibility index (Phi) is 4.85. The van der Waals surface area contributed by atoms with Crippen LogP contribution >= 0.6 is 11.6 Å². The summed E-state index contributed by atoms with van der Waals surface area (Å²) in [5.41, 5.74) is 2.23. The SMILES string of the molecule is Cc1cc(C)n(CC(=O)Nc2nn(Cc3ccccc3F)cc2Cl)n1. The number of amides is 1. The van der Waals surface area contributed by atoms with Gasteiger partial charge in [-0.15, -0.1) is 0 Å². The summed E-state index contributed by atoms with van der Waals surface area (Å²) in [6.07, 6.45) is 1.55. The number of aryl methyl sites for hydroxylation is 2. The molecule has 1 N–H and O–H groups in total. The van der Waals surface area contributed by atoms with E-state index < -0.39 is 0 Å². The van der Waals surface area contributed by atoms with Crippen molar-refractivity contribution in [1.29, 1.82) is 0 Å². The van der Waals surface area contributed by atoms with Crippen LogP contribution in [-0.2, 0) is 17.9 Å². The van der Waals surface area contributed by atoms with Crippen LogP contribution in [0.25, 0.3) is 0 Å². The topological polar surface area (TPSA) is 64.7 Å². The predicted octanol–water partition coefficient (Wildman–Crippen LogP) is 3.18. The highest BCUT2D eigenvalue weighted by Gasteiger charge is 2.13. The lowest BCUT2D eigenvalue weighted by atomic mass is 10.2. The van der Waals surface area contributed by atoms with Crippen molar-refractivity contribution < 1.29 is 9.18 Å². The Balaban J connectivity index is 1.69. The van der Waals surface area contributed by atoms with Crippen LogP contribution in [0.1, 0.15) is 17.0 Å². The van der Waals surface area contributed by atoms with Crippen LogP contribution in [0.5, 0.6) is 0 Å². The van der Waals surface area contributed by atoms with Crippen LogP contribution < -0.4 is 5.32 Å². The minimum Gasteiger partial charge on any atom is -0.306 e. The molecule has 0 atom stereocenters. The van der Waals surface area contributed by atoms with Crippen molar-refractivity contribution in [3.8, 4) is 0 Å². The molecule has 0 radical (unpaired) electrons. The first kappa shape index (κ1) is 17.2. The molecule has 25 heavy (non-hydrogen) atoms. The molecule has 0 unspecified atom stereocenters. The summed E-state index contributed by atoms with van der Waals surface area (Å²) in [4.78, 5) is 12.2. The Labute approximate surface area is 149 Å². The fraction of sp³-hybridized carbons (Fsp3) is 0.235. The van der Waals surface area contributed by atoms with Crippen LogP contribution in [0.2, 0.25) is 5.02 Å². The fourth-order valence-electron chi connectivity index (χ4n) is 2.51. The number of benzene rings is 1. The first-order valence-electron chi connectivity index (χ1n) is 7.69. The van der Waals surface area contributed by atoms with Crippen molar-refractivity contribution in [2.24, 2.45) is 0 Å². The molecule has 0 aliphatic heterocycles. The van der Waals surface area contributed by atoms with Gasteiger partial charge in [0.15, 0.2) is 5.82 Å². The molecule has 0 saturated heterocycles. The van der Waals surface area contributed by atoms with Gasteiger partial charge >= 0.3 is 0 Å². The number of nitrogens with one attached hydrogen (secondary N) is 1. The van der Waals surface area contributed by atoms with E-state index >= 15 is 0 Å². The van der Waals surface area contributed by atoms with Gasteiger partial charge in [-0.25, -0.2) is 4.39 Å². The Morgan fingerprint density at radius 2 is 2.04 bits per heavy atom. The molecule has 1 amide bonds. The maximum atomic E-state index is 13.7. The number of nitrogens with zero attached hydrogens (tertiary/aromatic N) is 4. The van der Waals surface area contributed by atoms with E-state index in [0.717, 1.165) is 11.4 Å². The van der Waals surface area contributed by atoms with Gasteiger partial charge < -0.3 is 5.32 Å². The molecule has 3 rings (SSSR count). The van der Waals surface area contributed by atoms with Crippen LogP contribution in [0.4, 0.5) is 10.2 Å². The number of aromatic nitrogens is 4. The summed E-state index contributed by atoms with van der Waals surface area (Å²) in [7, 11) is 0. The highest BCUT2D eigenvalue weighted by molar-refractivity contribution is 6.33.